The summed E-state index contributed by atoms with van der Waals surface area (Å²) >= 11 is 6.40. The van der Waals surface area contributed by atoms with Crippen LogP contribution < -0.4 is 15.0 Å². The van der Waals surface area contributed by atoms with E-state index >= 15 is 0 Å². The summed E-state index contributed by atoms with van der Waals surface area (Å²) in [5.74, 6) is 0.927. The molecule has 0 spiro atoms. The zero-order chi connectivity index (χ0) is 20.9. The third-order valence-corrected chi connectivity index (χ3v) is 5.19. The van der Waals surface area contributed by atoms with Gasteiger partial charge in [-0.15, -0.1) is 0 Å². The highest BCUT2D eigenvalue weighted by atomic mass is 35.5. The lowest BCUT2D eigenvalue weighted by atomic mass is 10.2. The second-order valence-electron chi connectivity index (χ2n) is 7.02. The number of fused-ring (bicyclic) bond motifs is 1. The molecular weight excluding hydrogens is 407 g/mol. The fourth-order valence-electron chi connectivity index (χ4n) is 3.48. The molecule has 1 aromatic heterocycles. The van der Waals surface area contributed by atoms with Gasteiger partial charge in [0.25, 0.3) is 0 Å². The Labute approximate surface area is 179 Å². The van der Waals surface area contributed by atoms with Gasteiger partial charge >= 0.3 is 0 Å². The number of aliphatic hydroxyl groups excluding tert-OH is 1. The first-order valence-electron chi connectivity index (χ1n) is 9.77. The normalized spacial score (nSPS) is 12.7. The molecule has 2 heterocycles. The average molecular weight is 429 g/mol. The number of ether oxygens (including phenoxy) is 1. The minimum atomic E-state index is -0.299. The number of halogens is 2. The van der Waals surface area contributed by atoms with E-state index in [1.54, 1.807) is 30.6 Å². The summed E-state index contributed by atoms with van der Waals surface area (Å²) in [5, 5.41) is 12.9. The van der Waals surface area contributed by atoms with Crippen molar-refractivity contribution in [1.82, 2.24) is 9.97 Å². The lowest BCUT2D eigenvalue weighted by molar-refractivity contribution is 0.290. The zero-order valence-corrected chi connectivity index (χ0v) is 17.1. The summed E-state index contributed by atoms with van der Waals surface area (Å²) in [6.45, 7) is 1.98. The Morgan fingerprint density at radius 3 is 2.90 bits per heavy atom. The molecule has 4 rings (SSSR count). The molecule has 0 fully saturated rings. The Morgan fingerprint density at radius 2 is 2.10 bits per heavy atom. The fourth-order valence-corrected chi connectivity index (χ4v) is 3.72. The van der Waals surface area contributed by atoms with Crippen LogP contribution in [0, 0.1) is 5.82 Å². The maximum Gasteiger partial charge on any atom is 0.157 e. The molecule has 156 valence electrons. The van der Waals surface area contributed by atoms with E-state index in [9.17, 15) is 4.39 Å². The number of hydrogen-bond acceptors (Lipinski definition) is 6. The Balaban J connectivity index is 1.47. The molecule has 1 aliphatic rings. The minimum Gasteiger partial charge on any atom is -0.487 e. The van der Waals surface area contributed by atoms with Crippen molar-refractivity contribution < 1.29 is 14.2 Å². The molecule has 0 saturated heterocycles. The fraction of sp³-hybridized carbons (Fsp3) is 0.273. The maximum atomic E-state index is 13.3. The van der Waals surface area contributed by atoms with Crippen LogP contribution in [0.5, 0.6) is 5.75 Å². The quantitative estimate of drug-likeness (QED) is 0.556. The number of hydrogen-bond donors (Lipinski definition) is 2. The Kier molecular flexibility index (Phi) is 6.30. The predicted molar refractivity (Wildman–Crippen MR) is 115 cm³/mol. The van der Waals surface area contributed by atoms with Crippen LogP contribution >= 0.6 is 11.6 Å². The van der Waals surface area contributed by atoms with Gasteiger partial charge in [-0.25, -0.2) is 14.4 Å². The van der Waals surface area contributed by atoms with E-state index in [0.717, 1.165) is 42.1 Å². The minimum absolute atomic E-state index is 0.148. The number of aliphatic hydroxyl groups is 1. The SMILES string of the molecule is OCCCN1CCc2ncnc(Nc3ccc(OCc4cccc(F)c4)c(Cl)c3)c21. The molecular formula is C22H22ClFN4O2. The monoisotopic (exact) mass is 428 g/mol. The van der Waals surface area contributed by atoms with Crippen molar-refractivity contribution in [1.29, 1.82) is 0 Å². The Morgan fingerprint density at radius 1 is 1.20 bits per heavy atom. The molecule has 0 unspecified atom stereocenters. The smallest absolute Gasteiger partial charge is 0.157 e. The molecule has 0 amide bonds. The van der Waals surface area contributed by atoms with Crippen LogP contribution in [-0.2, 0) is 13.0 Å². The van der Waals surface area contributed by atoms with Crippen LogP contribution in [0.15, 0.2) is 48.8 Å². The molecule has 0 bridgehead atoms. The van der Waals surface area contributed by atoms with E-state index in [0.29, 0.717) is 23.0 Å². The molecule has 30 heavy (non-hydrogen) atoms. The Hall–Kier alpha value is -2.90. The van der Waals surface area contributed by atoms with Gasteiger partial charge in [0.2, 0.25) is 0 Å². The number of nitrogens with zero attached hydrogens (tertiary/aromatic N) is 3. The summed E-state index contributed by atoms with van der Waals surface area (Å²) in [6, 6.07) is 11.7. The van der Waals surface area contributed by atoms with E-state index in [4.69, 9.17) is 21.4 Å². The number of benzene rings is 2. The zero-order valence-electron chi connectivity index (χ0n) is 16.3. The number of aromatic nitrogens is 2. The Bertz CT molecular complexity index is 1030. The lowest BCUT2D eigenvalue weighted by Crippen LogP contribution is -2.23. The summed E-state index contributed by atoms with van der Waals surface area (Å²) in [4.78, 5) is 11.0. The first-order valence-corrected chi connectivity index (χ1v) is 10.2. The summed E-state index contributed by atoms with van der Waals surface area (Å²) in [6.07, 6.45) is 3.09. The summed E-state index contributed by atoms with van der Waals surface area (Å²) in [7, 11) is 0. The predicted octanol–water partition coefficient (Wildman–Crippen LogP) is 4.34. The van der Waals surface area contributed by atoms with Gasteiger partial charge in [0.1, 0.15) is 30.2 Å². The standard InChI is InChI=1S/C22H22ClFN4O2/c23-18-12-17(5-6-20(18)30-13-15-3-1-4-16(24)11-15)27-22-21-19(25-14-26-22)7-9-28(21)8-2-10-29/h1,3-6,11-12,14,29H,2,7-10,13H2,(H,25,26,27). The van der Waals surface area contributed by atoms with Crippen LogP contribution in [0.4, 0.5) is 21.6 Å². The molecule has 0 radical (unpaired) electrons. The van der Waals surface area contributed by atoms with Crippen molar-refractivity contribution >= 4 is 28.8 Å². The largest absolute Gasteiger partial charge is 0.487 e. The number of nitrogens with one attached hydrogen (secondary N) is 1. The van der Waals surface area contributed by atoms with Crippen LogP contribution in [0.3, 0.4) is 0 Å². The third-order valence-electron chi connectivity index (χ3n) is 4.90. The molecule has 0 saturated carbocycles. The number of rotatable bonds is 8. The molecule has 0 atom stereocenters. The molecule has 1 aliphatic heterocycles. The molecule has 2 N–H and O–H groups in total. The summed E-state index contributed by atoms with van der Waals surface area (Å²) in [5.41, 5.74) is 3.46. The van der Waals surface area contributed by atoms with E-state index in [1.165, 1.54) is 12.1 Å². The second kappa shape index (κ2) is 9.28. The first kappa shape index (κ1) is 20.4. The van der Waals surface area contributed by atoms with Crippen molar-refractivity contribution in [3.63, 3.8) is 0 Å². The molecule has 6 nitrogen and oxygen atoms in total. The van der Waals surface area contributed by atoms with E-state index in [1.807, 2.05) is 6.07 Å². The van der Waals surface area contributed by atoms with Gasteiger partial charge in [0, 0.05) is 31.8 Å². The van der Waals surface area contributed by atoms with Gasteiger partial charge in [0.05, 0.1) is 10.7 Å². The van der Waals surface area contributed by atoms with Gasteiger partial charge in [-0.2, -0.15) is 0 Å². The molecule has 3 aromatic rings. The van der Waals surface area contributed by atoms with Crippen molar-refractivity contribution in [2.75, 3.05) is 29.9 Å². The van der Waals surface area contributed by atoms with Crippen molar-refractivity contribution in [2.45, 2.75) is 19.4 Å². The highest BCUT2D eigenvalue weighted by Crippen LogP contribution is 2.36. The number of anilines is 3. The van der Waals surface area contributed by atoms with Crippen molar-refractivity contribution in [3.05, 3.63) is 70.9 Å². The average Bonchev–Trinajstić information content (AvgIpc) is 3.16. The van der Waals surface area contributed by atoms with E-state index in [-0.39, 0.29) is 19.0 Å². The van der Waals surface area contributed by atoms with E-state index in [2.05, 4.69) is 20.2 Å². The van der Waals surface area contributed by atoms with Crippen LogP contribution in [0.25, 0.3) is 0 Å². The molecule has 8 heteroatoms. The van der Waals surface area contributed by atoms with Crippen molar-refractivity contribution in [2.24, 2.45) is 0 Å². The molecule has 0 aliphatic carbocycles. The maximum absolute atomic E-state index is 13.3. The highest BCUT2D eigenvalue weighted by Gasteiger charge is 2.24. The van der Waals surface area contributed by atoms with Gasteiger partial charge in [-0.05, 0) is 42.3 Å². The van der Waals surface area contributed by atoms with Crippen LogP contribution in [0.1, 0.15) is 17.7 Å². The summed E-state index contributed by atoms with van der Waals surface area (Å²) < 4.78 is 19.0. The van der Waals surface area contributed by atoms with Gasteiger partial charge in [-0.1, -0.05) is 23.7 Å². The second-order valence-corrected chi connectivity index (χ2v) is 7.43. The van der Waals surface area contributed by atoms with E-state index < -0.39 is 0 Å². The molecule has 2 aromatic carbocycles. The highest BCUT2D eigenvalue weighted by molar-refractivity contribution is 6.32. The van der Waals surface area contributed by atoms with Crippen LogP contribution in [0.2, 0.25) is 5.02 Å². The topological polar surface area (TPSA) is 70.5 Å². The lowest BCUT2D eigenvalue weighted by Gasteiger charge is -2.21. The van der Waals surface area contributed by atoms with Gasteiger partial charge in [-0.3, -0.25) is 0 Å². The van der Waals surface area contributed by atoms with Crippen molar-refractivity contribution in [3.8, 4) is 5.75 Å². The first-order chi connectivity index (χ1) is 14.6. The third kappa shape index (κ3) is 4.63. The van der Waals surface area contributed by atoms with Gasteiger partial charge < -0.3 is 20.1 Å². The van der Waals surface area contributed by atoms with Gasteiger partial charge in [0.15, 0.2) is 5.82 Å². The van der Waals surface area contributed by atoms with Crippen LogP contribution in [-0.4, -0.2) is 34.8 Å².